The zero-order valence-electron chi connectivity index (χ0n) is 12.5. The lowest BCUT2D eigenvalue weighted by Gasteiger charge is -2.34. The van der Waals surface area contributed by atoms with Gasteiger partial charge in [-0.25, -0.2) is 8.42 Å². The number of halogens is 1. The van der Waals surface area contributed by atoms with E-state index >= 15 is 0 Å². The van der Waals surface area contributed by atoms with Gasteiger partial charge in [-0.2, -0.15) is 4.31 Å². The second-order valence-electron chi connectivity index (χ2n) is 5.54. The van der Waals surface area contributed by atoms with E-state index in [9.17, 15) is 8.42 Å². The Labute approximate surface area is 140 Å². The summed E-state index contributed by atoms with van der Waals surface area (Å²) in [5.74, 6) is 0. The Kier molecular flexibility index (Phi) is 6.25. The van der Waals surface area contributed by atoms with Gasteiger partial charge in [0, 0.05) is 23.6 Å². The maximum atomic E-state index is 12.7. The van der Waals surface area contributed by atoms with E-state index in [1.165, 1.54) is 11.3 Å². The molecule has 1 aromatic heterocycles. The van der Waals surface area contributed by atoms with Gasteiger partial charge in [-0.3, -0.25) is 0 Å². The molecule has 1 aromatic rings. The van der Waals surface area contributed by atoms with Crippen molar-refractivity contribution in [3.63, 3.8) is 0 Å². The molecule has 0 unspecified atom stereocenters. The van der Waals surface area contributed by atoms with Gasteiger partial charge in [0.1, 0.15) is 4.21 Å². The summed E-state index contributed by atoms with van der Waals surface area (Å²) in [7, 11) is -1.66. The van der Waals surface area contributed by atoms with Crippen molar-refractivity contribution in [2.45, 2.75) is 55.3 Å². The molecule has 0 spiro atoms. The van der Waals surface area contributed by atoms with Gasteiger partial charge in [-0.05, 0) is 66.0 Å². The van der Waals surface area contributed by atoms with Crippen LogP contribution in [-0.4, -0.2) is 38.4 Å². The number of sulfonamides is 1. The van der Waals surface area contributed by atoms with Crippen LogP contribution < -0.4 is 5.32 Å². The molecule has 4 nitrogen and oxygen atoms in total. The van der Waals surface area contributed by atoms with E-state index in [0.717, 1.165) is 38.6 Å². The first kappa shape index (κ1) is 17.4. The smallest absolute Gasteiger partial charge is 0.253 e. The van der Waals surface area contributed by atoms with E-state index in [0.29, 0.717) is 14.7 Å². The van der Waals surface area contributed by atoms with E-state index in [1.54, 1.807) is 22.8 Å². The summed E-state index contributed by atoms with van der Waals surface area (Å²) >= 11 is 4.60. The van der Waals surface area contributed by atoms with Crippen LogP contribution in [0.2, 0.25) is 0 Å². The first-order chi connectivity index (χ1) is 9.96. The minimum atomic E-state index is -3.38. The van der Waals surface area contributed by atoms with E-state index in [4.69, 9.17) is 0 Å². The van der Waals surface area contributed by atoms with Gasteiger partial charge in [0.05, 0.1) is 0 Å². The first-order valence-electron chi connectivity index (χ1n) is 7.41. The molecule has 0 bridgehead atoms. The van der Waals surface area contributed by atoms with E-state index in [-0.39, 0.29) is 6.04 Å². The Morgan fingerprint density at radius 1 is 1.38 bits per heavy atom. The average molecular weight is 395 g/mol. The van der Waals surface area contributed by atoms with Gasteiger partial charge >= 0.3 is 0 Å². The summed E-state index contributed by atoms with van der Waals surface area (Å²) in [4.78, 5) is 0. The predicted octanol–water partition coefficient (Wildman–Crippen LogP) is 3.44. The Hall–Kier alpha value is 0.0500. The summed E-state index contributed by atoms with van der Waals surface area (Å²) in [5, 5.41) is 5.33. The molecule has 1 heterocycles. The molecule has 21 heavy (non-hydrogen) atoms. The fraction of sp³-hybridized carbons (Fsp3) is 0.714. The van der Waals surface area contributed by atoms with Crippen molar-refractivity contribution in [2.75, 3.05) is 13.6 Å². The zero-order valence-corrected chi connectivity index (χ0v) is 15.7. The maximum Gasteiger partial charge on any atom is 0.253 e. The van der Waals surface area contributed by atoms with Crippen molar-refractivity contribution in [2.24, 2.45) is 0 Å². The number of hydrogen-bond acceptors (Lipinski definition) is 4. The van der Waals surface area contributed by atoms with Crippen LogP contribution in [0.1, 0.15) is 39.0 Å². The number of thiophene rings is 1. The van der Waals surface area contributed by atoms with Gasteiger partial charge in [-0.15, -0.1) is 11.3 Å². The van der Waals surface area contributed by atoms with Crippen molar-refractivity contribution in [3.8, 4) is 0 Å². The van der Waals surface area contributed by atoms with Gasteiger partial charge in [0.25, 0.3) is 10.0 Å². The molecule has 1 aliphatic carbocycles. The molecule has 7 heteroatoms. The highest BCUT2D eigenvalue weighted by molar-refractivity contribution is 9.10. The molecule has 1 aliphatic rings. The van der Waals surface area contributed by atoms with E-state index in [2.05, 4.69) is 28.2 Å². The molecule has 0 radical (unpaired) electrons. The monoisotopic (exact) mass is 394 g/mol. The fourth-order valence-corrected chi connectivity index (χ4v) is 6.68. The fourth-order valence-electron chi connectivity index (χ4n) is 2.78. The van der Waals surface area contributed by atoms with Crippen molar-refractivity contribution >= 4 is 37.3 Å². The van der Waals surface area contributed by atoms with Crippen molar-refractivity contribution in [3.05, 3.63) is 15.9 Å². The average Bonchev–Trinajstić information content (AvgIpc) is 2.92. The quantitative estimate of drug-likeness (QED) is 0.803. The molecular weight excluding hydrogens is 372 g/mol. The summed E-state index contributed by atoms with van der Waals surface area (Å²) in [6.45, 7) is 3.21. The lowest BCUT2D eigenvalue weighted by atomic mass is 9.91. The summed E-state index contributed by atoms with van der Waals surface area (Å²) in [6, 6.07) is 2.45. The van der Waals surface area contributed by atoms with Gasteiger partial charge in [0.2, 0.25) is 0 Å². The molecule has 1 fully saturated rings. The molecule has 0 amide bonds. The molecule has 0 aromatic carbocycles. The third-order valence-corrected chi connectivity index (χ3v) is 8.65. The summed E-state index contributed by atoms with van der Waals surface area (Å²) < 4.78 is 28.0. The highest BCUT2D eigenvalue weighted by Gasteiger charge is 2.33. The topological polar surface area (TPSA) is 49.4 Å². The van der Waals surface area contributed by atoms with Gasteiger partial charge < -0.3 is 5.32 Å². The van der Waals surface area contributed by atoms with E-state index in [1.807, 2.05) is 0 Å². The number of nitrogens with one attached hydrogen (secondary N) is 1. The highest BCUT2D eigenvalue weighted by Crippen LogP contribution is 2.33. The van der Waals surface area contributed by atoms with Crippen molar-refractivity contribution in [1.29, 1.82) is 0 Å². The van der Waals surface area contributed by atoms with Crippen LogP contribution in [0.15, 0.2) is 20.1 Å². The predicted molar refractivity (Wildman–Crippen MR) is 91.3 cm³/mol. The lowest BCUT2D eigenvalue weighted by molar-refractivity contribution is 0.250. The normalized spacial score (nSPS) is 23.6. The molecule has 0 saturated heterocycles. The summed E-state index contributed by atoms with van der Waals surface area (Å²) in [5.41, 5.74) is 0. The second-order valence-corrected chi connectivity index (χ2v) is 9.50. The molecule has 120 valence electrons. The van der Waals surface area contributed by atoms with Crippen LogP contribution in [0.5, 0.6) is 0 Å². The third-order valence-electron chi connectivity index (χ3n) is 4.09. The minimum absolute atomic E-state index is 0.115. The SMILES string of the molecule is CCCNC1CCC(N(C)S(=O)(=O)c2sccc2Br)CC1. The summed E-state index contributed by atoms with van der Waals surface area (Å²) in [6.07, 6.45) is 5.10. The van der Waals surface area contributed by atoms with Crippen LogP contribution in [0, 0.1) is 0 Å². The number of nitrogens with zero attached hydrogens (tertiary/aromatic N) is 1. The van der Waals surface area contributed by atoms with Crippen molar-refractivity contribution < 1.29 is 8.42 Å². The first-order valence-corrected chi connectivity index (χ1v) is 10.5. The number of hydrogen-bond donors (Lipinski definition) is 1. The van der Waals surface area contributed by atoms with Gasteiger partial charge in [-0.1, -0.05) is 6.92 Å². The van der Waals surface area contributed by atoms with E-state index < -0.39 is 10.0 Å². The highest BCUT2D eigenvalue weighted by atomic mass is 79.9. The minimum Gasteiger partial charge on any atom is -0.314 e. The molecular formula is C14H23BrN2O2S2. The molecule has 0 aliphatic heterocycles. The third kappa shape index (κ3) is 4.07. The van der Waals surface area contributed by atoms with Crippen LogP contribution in [-0.2, 0) is 10.0 Å². The zero-order chi connectivity index (χ0) is 15.5. The van der Waals surface area contributed by atoms with Crippen LogP contribution in [0.3, 0.4) is 0 Å². The Bertz CT molecular complexity index is 551. The Balaban J connectivity index is 1.99. The number of rotatable bonds is 6. The Morgan fingerprint density at radius 3 is 2.57 bits per heavy atom. The van der Waals surface area contributed by atoms with Gasteiger partial charge in [0.15, 0.2) is 0 Å². The Morgan fingerprint density at radius 2 is 2.05 bits per heavy atom. The van der Waals surface area contributed by atoms with Crippen molar-refractivity contribution in [1.82, 2.24) is 9.62 Å². The molecule has 2 rings (SSSR count). The molecule has 1 N–H and O–H groups in total. The molecule has 0 atom stereocenters. The van der Waals surface area contributed by atoms with Crippen LogP contribution in [0.4, 0.5) is 0 Å². The second kappa shape index (κ2) is 7.55. The lowest BCUT2D eigenvalue weighted by Crippen LogP contribution is -2.43. The largest absolute Gasteiger partial charge is 0.314 e. The standard InChI is InChI=1S/C14H23BrN2O2S2/c1-3-9-16-11-4-6-12(7-5-11)17(2)21(18,19)14-13(15)8-10-20-14/h8,10-12,16H,3-7,9H2,1-2H3. The van der Waals surface area contributed by atoms with Crippen LogP contribution >= 0.6 is 27.3 Å². The maximum absolute atomic E-state index is 12.7. The van der Waals surface area contributed by atoms with Crippen LogP contribution in [0.25, 0.3) is 0 Å². The molecule has 1 saturated carbocycles.